The molecule has 0 bridgehead atoms. The van der Waals surface area contributed by atoms with E-state index in [4.69, 9.17) is 0 Å². The summed E-state index contributed by atoms with van der Waals surface area (Å²) in [6.45, 7) is 4.37. The zero-order valence-corrected chi connectivity index (χ0v) is 14.3. The summed E-state index contributed by atoms with van der Waals surface area (Å²) in [6, 6.07) is 21.8. The van der Waals surface area contributed by atoms with Crippen LogP contribution >= 0.6 is 0 Å². The average Bonchev–Trinajstić information content (AvgIpc) is 3.12. The number of fused-ring (bicyclic) bond motifs is 6. The van der Waals surface area contributed by atoms with E-state index in [2.05, 4.69) is 83.9 Å². The molecule has 25 heavy (non-hydrogen) atoms. The van der Waals surface area contributed by atoms with Crippen molar-refractivity contribution < 1.29 is 0 Å². The molecule has 2 heterocycles. The second-order valence-corrected chi connectivity index (χ2v) is 6.67. The van der Waals surface area contributed by atoms with Crippen LogP contribution in [0.2, 0.25) is 0 Å². The maximum absolute atomic E-state index is 4.57. The van der Waals surface area contributed by atoms with Crippen LogP contribution < -0.4 is 0 Å². The molecule has 5 aromatic rings. The Hall–Kier alpha value is -3.13. The third-order valence-electron chi connectivity index (χ3n) is 5.12. The molecule has 2 aromatic heterocycles. The van der Waals surface area contributed by atoms with Crippen LogP contribution in [0.25, 0.3) is 38.4 Å². The molecule has 0 amide bonds. The molecule has 5 rings (SSSR count). The van der Waals surface area contributed by atoms with E-state index in [9.17, 15) is 0 Å². The molecule has 0 N–H and O–H groups in total. The first-order valence-electron chi connectivity index (χ1n) is 8.58. The number of hydrogen-bond donors (Lipinski definition) is 0. The first-order chi connectivity index (χ1) is 12.2. The average molecular weight is 322 g/mol. The lowest BCUT2D eigenvalue weighted by Crippen LogP contribution is -1.92. The molecule has 0 aliphatic rings. The van der Waals surface area contributed by atoms with E-state index in [-0.39, 0.29) is 0 Å². The number of benzene rings is 3. The zero-order chi connectivity index (χ0) is 17.0. The van der Waals surface area contributed by atoms with E-state index in [0.29, 0.717) is 0 Å². The van der Waals surface area contributed by atoms with Crippen LogP contribution in [0.15, 0.2) is 73.1 Å². The fourth-order valence-electron chi connectivity index (χ4n) is 4.00. The molecule has 0 saturated heterocycles. The third kappa shape index (κ3) is 2.01. The molecule has 0 aliphatic carbocycles. The largest absolute Gasteiger partial charge is 0.299 e. The van der Waals surface area contributed by atoms with Crippen molar-refractivity contribution >= 4 is 27.3 Å². The quantitative estimate of drug-likeness (QED) is 0.350. The van der Waals surface area contributed by atoms with Crippen molar-refractivity contribution in [3.8, 4) is 11.1 Å². The van der Waals surface area contributed by atoms with Crippen LogP contribution in [0.5, 0.6) is 0 Å². The fourth-order valence-corrected chi connectivity index (χ4v) is 4.00. The standard InChI is InChI=1S/C23H18N2/c1-15-6-5-7-16(2)22(15)17-10-11-21-20(14-17)18-8-3-4-9-19(18)23-24-12-13-25(21)23/h3-14H,1-2H3. The highest BCUT2D eigenvalue weighted by Gasteiger charge is 2.11. The number of nitrogens with zero attached hydrogens (tertiary/aromatic N) is 2. The SMILES string of the molecule is Cc1cccc(C)c1-c1ccc2c(c1)c1ccccc1c1nccn21. The first kappa shape index (κ1) is 14.2. The molecular formula is C23H18N2. The van der Waals surface area contributed by atoms with Crippen LogP contribution in [0.1, 0.15) is 11.1 Å². The van der Waals surface area contributed by atoms with Gasteiger partial charge in [0.1, 0.15) is 5.65 Å². The van der Waals surface area contributed by atoms with Crippen molar-refractivity contribution in [3.63, 3.8) is 0 Å². The van der Waals surface area contributed by atoms with E-state index < -0.39 is 0 Å². The minimum Gasteiger partial charge on any atom is -0.299 e. The summed E-state index contributed by atoms with van der Waals surface area (Å²) < 4.78 is 2.19. The topological polar surface area (TPSA) is 17.3 Å². The van der Waals surface area contributed by atoms with Crippen molar-refractivity contribution in [2.75, 3.05) is 0 Å². The van der Waals surface area contributed by atoms with Crippen LogP contribution in [-0.4, -0.2) is 9.38 Å². The molecule has 2 heteroatoms. The highest BCUT2D eigenvalue weighted by molar-refractivity contribution is 6.12. The summed E-state index contributed by atoms with van der Waals surface area (Å²) in [6.07, 6.45) is 3.92. The zero-order valence-electron chi connectivity index (χ0n) is 14.3. The summed E-state index contributed by atoms with van der Waals surface area (Å²) in [4.78, 5) is 4.57. The lowest BCUT2D eigenvalue weighted by Gasteiger charge is -2.13. The summed E-state index contributed by atoms with van der Waals surface area (Å²) in [5.74, 6) is 0. The number of aromatic nitrogens is 2. The molecule has 0 spiro atoms. The van der Waals surface area contributed by atoms with Gasteiger partial charge in [-0.2, -0.15) is 0 Å². The molecular weight excluding hydrogens is 304 g/mol. The monoisotopic (exact) mass is 322 g/mol. The maximum atomic E-state index is 4.57. The van der Waals surface area contributed by atoms with Gasteiger partial charge in [-0.05, 0) is 53.6 Å². The molecule has 0 atom stereocenters. The number of imidazole rings is 1. The summed E-state index contributed by atoms with van der Waals surface area (Å²) in [7, 11) is 0. The maximum Gasteiger partial charge on any atom is 0.145 e. The second kappa shape index (κ2) is 5.18. The summed E-state index contributed by atoms with van der Waals surface area (Å²) >= 11 is 0. The summed E-state index contributed by atoms with van der Waals surface area (Å²) in [5.41, 5.74) is 7.44. The molecule has 0 saturated carbocycles. The van der Waals surface area contributed by atoms with Gasteiger partial charge in [-0.25, -0.2) is 4.98 Å². The lowest BCUT2D eigenvalue weighted by atomic mass is 9.94. The van der Waals surface area contributed by atoms with Crippen LogP contribution in [0.3, 0.4) is 0 Å². The van der Waals surface area contributed by atoms with Crippen molar-refractivity contribution in [2.45, 2.75) is 13.8 Å². The Morgan fingerprint density at radius 3 is 2.32 bits per heavy atom. The minimum atomic E-state index is 1.02. The Labute approximate surface area is 146 Å². The Kier molecular flexibility index (Phi) is 2.95. The Balaban J connectivity index is 1.95. The predicted octanol–water partition coefficient (Wildman–Crippen LogP) is 5.92. The van der Waals surface area contributed by atoms with E-state index in [1.165, 1.54) is 43.9 Å². The first-order valence-corrected chi connectivity index (χ1v) is 8.58. The van der Waals surface area contributed by atoms with Crippen molar-refractivity contribution in [2.24, 2.45) is 0 Å². The lowest BCUT2D eigenvalue weighted by molar-refractivity contribution is 1.27. The number of hydrogen-bond acceptors (Lipinski definition) is 1. The van der Waals surface area contributed by atoms with E-state index in [1.807, 2.05) is 12.4 Å². The van der Waals surface area contributed by atoms with Crippen LogP contribution in [0, 0.1) is 13.8 Å². The van der Waals surface area contributed by atoms with Gasteiger partial charge in [0.15, 0.2) is 0 Å². The number of rotatable bonds is 1. The van der Waals surface area contributed by atoms with Crippen molar-refractivity contribution in [1.29, 1.82) is 0 Å². The summed E-state index contributed by atoms with van der Waals surface area (Å²) in [5, 5.41) is 3.71. The van der Waals surface area contributed by atoms with Crippen molar-refractivity contribution in [3.05, 3.63) is 84.2 Å². The van der Waals surface area contributed by atoms with Gasteiger partial charge in [0.25, 0.3) is 0 Å². The van der Waals surface area contributed by atoms with Gasteiger partial charge in [-0.1, -0.05) is 48.5 Å². The second-order valence-electron chi connectivity index (χ2n) is 6.67. The van der Waals surface area contributed by atoms with Gasteiger partial charge in [0.2, 0.25) is 0 Å². The van der Waals surface area contributed by atoms with Gasteiger partial charge in [0, 0.05) is 23.2 Å². The van der Waals surface area contributed by atoms with Crippen LogP contribution in [0.4, 0.5) is 0 Å². The van der Waals surface area contributed by atoms with Gasteiger partial charge < -0.3 is 0 Å². The molecule has 0 radical (unpaired) electrons. The molecule has 0 aliphatic heterocycles. The number of aryl methyl sites for hydroxylation is 2. The third-order valence-corrected chi connectivity index (χ3v) is 5.12. The smallest absolute Gasteiger partial charge is 0.145 e. The van der Waals surface area contributed by atoms with Gasteiger partial charge in [-0.3, -0.25) is 4.40 Å². The number of pyridine rings is 1. The van der Waals surface area contributed by atoms with Crippen LogP contribution in [-0.2, 0) is 0 Å². The molecule has 0 fully saturated rings. The Morgan fingerprint density at radius 2 is 1.52 bits per heavy atom. The van der Waals surface area contributed by atoms with Crippen molar-refractivity contribution in [1.82, 2.24) is 9.38 Å². The van der Waals surface area contributed by atoms with Gasteiger partial charge >= 0.3 is 0 Å². The highest BCUT2D eigenvalue weighted by Crippen LogP contribution is 2.34. The van der Waals surface area contributed by atoms with E-state index in [1.54, 1.807) is 0 Å². The highest BCUT2D eigenvalue weighted by atomic mass is 15.0. The molecule has 2 nitrogen and oxygen atoms in total. The Bertz CT molecular complexity index is 1240. The van der Waals surface area contributed by atoms with Gasteiger partial charge in [0.05, 0.1) is 5.52 Å². The molecule has 0 unspecified atom stereocenters. The van der Waals surface area contributed by atoms with E-state index >= 15 is 0 Å². The molecule has 120 valence electrons. The molecule has 3 aromatic carbocycles. The normalized spacial score (nSPS) is 11.6. The van der Waals surface area contributed by atoms with E-state index in [0.717, 1.165) is 5.65 Å². The minimum absolute atomic E-state index is 1.02. The van der Waals surface area contributed by atoms with Gasteiger partial charge in [-0.15, -0.1) is 0 Å². The predicted molar refractivity (Wildman–Crippen MR) is 105 cm³/mol. The Morgan fingerprint density at radius 1 is 0.760 bits per heavy atom. The fraction of sp³-hybridized carbons (Fsp3) is 0.0870.